The van der Waals surface area contributed by atoms with E-state index in [1.54, 1.807) is 0 Å². The zero-order valence-electron chi connectivity index (χ0n) is 11.4. The van der Waals surface area contributed by atoms with Crippen LogP contribution >= 0.6 is 0 Å². The number of nitrogens with two attached hydrogens (primary N) is 1. The number of rotatable bonds is 4. The van der Waals surface area contributed by atoms with Gasteiger partial charge in [0.05, 0.1) is 5.92 Å². The van der Waals surface area contributed by atoms with E-state index in [9.17, 15) is 4.79 Å². The van der Waals surface area contributed by atoms with Crippen LogP contribution in [0.4, 0.5) is 0 Å². The average molecular weight is 242 g/mol. The van der Waals surface area contributed by atoms with Gasteiger partial charge in [-0.3, -0.25) is 4.79 Å². The van der Waals surface area contributed by atoms with Crippen LogP contribution in [0.5, 0.6) is 0 Å². The van der Waals surface area contributed by atoms with Crippen molar-refractivity contribution in [2.75, 3.05) is 26.2 Å². The Morgan fingerprint density at radius 1 is 1.35 bits per heavy atom. The van der Waals surface area contributed by atoms with Crippen molar-refractivity contribution in [1.29, 1.82) is 0 Å². The molecule has 1 aliphatic heterocycles. The van der Waals surface area contributed by atoms with Crippen molar-refractivity contribution in [2.45, 2.75) is 45.6 Å². The Balaban J connectivity index is 2.29. The summed E-state index contributed by atoms with van der Waals surface area (Å²) in [5.74, 6) is 0.0549. The summed E-state index contributed by atoms with van der Waals surface area (Å²) in [6.07, 6.45) is 2.87. The summed E-state index contributed by atoms with van der Waals surface area (Å²) in [5.41, 5.74) is 5.12. The summed E-state index contributed by atoms with van der Waals surface area (Å²) in [6, 6.07) is 0. The highest BCUT2D eigenvalue weighted by molar-refractivity contribution is 5.73. The molecular weight excluding hydrogens is 216 g/mol. The Hall–Kier alpha value is -0.610. The molecule has 0 atom stereocenters. The normalized spacial score (nSPS) is 19.3. The van der Waals surface area contributed by atoms with Crippen molar-refractivity contribution in [3.8, 4) is 0 Å². The fourth-order valence-electron chi connectivity index (χ4n) is 2.09. The molecule has 0 aromatic rings. The van der Waals surface area contributed by atoms with Crippen molar-refractivity contribution < 1.29 is 9.53 Å². The lowest BCUT2D eigenvalue weighted by Gasteiger charge is -2.32. The van der Waals surface area contributed by atoms with Gasteiger partial charge in [-0.05, 0) is 66.2 Å². The standard InChI is InChI=1S/C13H26N2O2/c1-13(2,3)17-12(16)11-5-9-15(10-6-11)8-4-7-14/h11H,4-10,14H2,1-3H3. The first kappa shape index (κ1) is 14.5. The zero-order chi connectivity index (χ0) is 12.9. The number of hydrogen-bond acceptors (Lipinski definition) is 4. The third-order valence-electron chi connectivity index (χ3n) is 3.01. The van der Waals surface area contributed by atoms with E-state index >= 15 is 0 Å². The number of ether oxygens (including phenoxy) is 1. The average Bonchev–Trinajstić information content (AvgIpc) is 2.24. The minimum atomic E-state index is -0.367. The van der Waals surface area contributed by atoms with Gasteiger partial charge in [0.25, 0.3) is 0 Å². The van der Waals surface area contributed by atoms with Crippen molar-refractivity contribution in [1.82, 2.24) is 4.90 Å². The van der Waals surface area contributed by atoms with Crippen molar-refractivity contribution >= 4 is 5.97 Å². The molecule has 1 heterocycles. The number of esters is 1. The van der Waals surface area contributed by atoms with Gasteiger partial charge in [-0.1, -0.05) is 0 Å². The molecule has 2 N–H and O–H groups in total. The summed E-state index contributed by atoms with van der Waals surface area (Å²) in [7, 11) is 0. The maximum atomic E-state index is 11.9. The van der Waals surface area contributed by atoms with Crippen molar-refractivity contribution in [3.05, 3.63) is 0 Å². The van der Waals surface area contributed by atoms with Gasteiger partial charge in [-0.2, -0.15) is 0 Å². The molecule has 0 radical (unpaired) electrons. The van der Waals surface area contributed by atoms with Gasteiger partial charge in [0, 0.05) is 0 Å². The highest BCUT2D eigenvalue weighted by Crippen LogP contribution is 2.21. The molecule has 0 aromatic heterocycles. The molecule has 0 unspecified atom stereocenters. The van der Waals surface area contributed by atoms with Gasteiger partial charge in [0.2, 0.25) is 0 Å². The zero-order valence-corrected chi connectivity index (χ0v) is 11.4. The molecule has 4 nitrogen and oxygen atoms in total. The van der Waals surface area contributed by atoms with E-state index in [1.165, 1.54) is 0 Å². The Morgan fingerprint density at radius 3 is 2.41 bits per heavy atom. The maximum Gasteiger partial charge on any atom is 0.309 e. The molecule has 0 aliphatic carbocycles. The van der Waals surface area contributed by atoms with E-state index in [4.69, 9.17) is 10.5 Å². The third-order valence-corrected chi connectivity index (χ3v) is 3.01. The summed E-state index contributed by atoms with van der Waals surface area (Å²) < 4.78 is 5.42. The first-order valence-corrected chi connectivity index (χ1v) is 6.57. The van der Waals surface area contributed by atoms with Gasteiger partial charge in [0.15, 0.2) is 0 Å². The molecule has 17 heavy (non-hydrogen) atoms. The first-order valence-electron chi connectivity index (χ1n) is 6.57. The number of nitrogens with zero attached hydrogens (tertiary/aromatic N) is 1. The predicted molar refractivity (Wildman–Crippen MR) is 68.7 cm³/mol. The van der Waals surface area contributed by atoms with E-state index < -0.39 is 0 Å². The largest absolute Gasteiger partial charge is 0.460 e. The Kier molecular flexibility index (Phi) is 5.40. The Morgan fingerprint density at radius 2 is 1.94 bits per heavy atom. The molecule has 0 saturated carbocycles. The minimum absolute atomic E-state index is 0.0315. The quantitative estimate of drug-likeness (QED) is 0.757. The second-order valence-corrected chi connectivity index (χ2v) is 5.79. The number of carbonyl (C=O) groups is 1. The van der Waals surface area contributed by atoms with Crippen molar-refractivity contribution in [2.24, 2.45) is 11.7 Å². The maximum absolute atomic E-state index is 11.9. The third kappa shape index (κ3) is 5.50. The van der Waals surface area contributed by atoms with E-state index in [0.717, 1.165) is 45.4 Å². The van der Waals surface area contributed by atoms with Crippen LogP contribution in [0.15, 0.2) is 0 Å². The lowest BCUT2D eigenvalue weighted by Crippen LogP contribution is -2.39. The van der Waals surface area contributed by atoms with E-state index in [1.807, 2.05) is 20.8 Å². The van der Waals surface area contributed by atoms with Gasteiger partial charge in [-0.15, -0.1) is 0 Å². The molecular formula is C13H26N2O2. The lowest BCUT2D eigenvalue weighted by atomic mass is 9.96. The predicted octanol–water partition coefficient (Wildman–Crippen LogP) is 1.39. The number of piperidine rings is 1. The minimum Gasteiger partial charge on any atom is -0.460 e. The van der Waals surface area contributed by atoms with Gasteiger partial charge < -0.3 is 15.4 Å². The second-order valence-electron chi connectivity index (χ2n) is 5.79. The lowest BCUT2D eigenvalue weighted by molar-refractivity contribution is -0.161. The van der Waals surface area contributed by atoms with Gasteiger partial charge in [-0.25, -0.2) is 0 Å². The van der Waals surface area contributed by atoms with Crippen LogP contribution in [-0.2, 0) is 9.53 Å². The van der Waals surface area contributed by atoms with Crippen LogP contribution in [0.3, 0.4) is 0 Å². The fraction of sp³-hybridized carbons (Fsp3) is 0.923. The number of hydrogen-bond donors (Lipinski definition) is 1. The van der Waals surface area contributed by atoms with Crippen LogP contribution in [0.1, 0.15) is 40.0 Å². The summed E-state index contributed by atoms with van der Waals surface area (Å²) in [5, 5.41) is 0. The molecule has 0 aromatic carbocycles. The summed E-state index contributed by atoms with van der Waals surface area (Å²) in [4.78, 5) is 14.3. The van der Waals surface area contributed by atoms with E-state index in [2.05, 4.69) is 4.90 Å². The van der Waals surface area contributed by atoms with E-state index in [0.29, 0.717) is 0 Å². The van der Waals surface area contributed by atoms with Gasteiger partial charge >= 0.3 is 5.97 Å². The molecule has 100 valence electrons. The van der Waals surface area contributed by atoms with Crippen LogP contribution in [0.2, 0.25) is 0 Å². The van der Waals surface area contributed by atoms with Crippen LogP contribution in [0.25, 0.3) is 0 Å². The van der Waals surface area contributed by atoms with Crippen LogP contribution in [-0.4, -0.2) is 42.6 Å². The summed E-state index contributed by atoms with van der Waals surface area (Å²) in [6.45, 7) is 9.53. The number of carbonyl (C=O) groups excluding carboxylic acids is 1. The molecule has 1 aliphatic rings. The van der Waals surface area contributed by atoms with Gasteiger partial charge in [0.1, 0.15) is 5.60 Å². The summed E-state index contributed by atoms with van der Waals surface area (Å²) >= 11 is 0. The van der Waals surface area contributed by atoms with Crippen molar-refractivity contribution in [3.63, 3.8) is 0 Å². The second kappa shape index (κ2) is 6.36. The number of likely N-dealkylation sites (tertiary alicyclic amines) is 1. The fourth-order valence-corrected chi connectivity index (χ4v) is 2.09. The molecule has 0 spiro atoms. The molecule has 1 rings (SSSR count). The Labute approximate surface area is 104 Å². The SMILES string of the molecule is CC(C)(C)OC(=O)C1CCN(CCCN)CC1. The molecule has 0 amide bonds. The molecule has 1 fully saturated rings. The van der Waals surface area contributed by atoms with Crippen LogP contribution < -0.4 is 5.73 Å². The smallest absolute Gasteiger partial charge is 0.309 e. The monoisotopic (exact) mass is 242 g/mol. The molecule has 0 bridgehead atoms. The topological polar surface area (TPSA) is 55.6 Å². The van der Waals surface area contributed by atoms with E-state index in [-0.39, 0.29) is 17.5 Å². The highest BCUT2D eigenvalue weighted by atomic mass is 16.6. The molecule has 1 saturated heterocycles. The highest BCUT2D eigenvalue weighted by Gasteiger charge is 2.28. The first-order chi connectivity index (χ1) is 7.92. The Bertz CT molecular complexity index is 240. The molecule has 4 heteroatoms. The van der Waals surface area contributed by atoms with Crippen LogP contribution in [0, 0.1) is 5.92 Å².